The Morgan fingerprint density at radius 3 is 2.69 bits per heavy atom. The number of aromatic nitrogens is 4. The van der Waals surface area contributed by atoms with Crippen LogP contribution in [0.1, 0.15) is 5.56 Å². The van der Waals surface area contributed by atoms with E-state index in [4.69, 9.17) is 9.15 Å². The zero-order valence-electron chi connectivity index (χ0n) is 19.4. The topological polar surface area (TPSA) is 95.1 Å². The standard InChI is InChI=1S/C28H21N5O3/c1-18-9-11-26(24(13-18)33-16-29-30-17-33)35-15-27(34)31-20-10-12-25-23(14-20)32-28(36-25)22-8-4-6-19-5-2-3-7-21(19)22/h2-14,16-17H,15H2,1H3,(H,31,34). The Kier molecular flexibility index (Phi) is 5.38. The van der Waals surface area contributed by atoms with Crippen molar-refractivity contribution in [3.05, 3.63) is 97.1 Å². The van der Waals surface area contributed by atoms with Crippen LogP contribution >= 0.6 is 0 Å². The normalized spacial score (nSPS) is 11.1. The molecule has 6 rings (SSSR count). The number of ether oxygens (including phenoxy) is 1. The van der Waals surface area contributed by atoms with Crippen LogP contribution in [0, 0.1) is 6.92 Å². The molecule has 0 spiro atoms. The molecule has 1 N–H and O–H groups in total. The largest absolute Gasteiger partial charge is 0.482 e. The third-order valence-corrected chi connectivity index (χ3v) is 5.86. The van der Waals surface area contributed by atoms with Crippen LogP contribution in [-0.4, -0.2) is 32.3 Å². The van der Waals surface area contributed by atoms with Crippen molar-refractivity contribution in [3.8, 4) is 22.9 Å². The lowest BCUT2D eigenvalue weighted by atomic mass is 10.0. The Morgan fingerprint density at radius 1 is 0.972 bits per heavy atom. The van der Waals surface area contributed by atoms with Crippen LogP contribution in [0.5, 0.6) is 5.75 Å². The predicted molar refractivity (Wildman–Crippen MR) is 137 cm³/mol. The third kappa shape index (κ3) is 4.16. The van der Waals surface area contributed by atoms with Gasteiger partial charge in [-0.25, -0.2) is 4.98 Å². The summed E-state index contributed by atoms with van der Waals surface area (Å²) in [5.74, 6) is 0.805. The Balaban J connectivity index is 1.19. The number of hydrogen-bond acceptors (Lipinski definition) is 6. The van der Waals surface area contributed by atoms with Gasteiger partial charge in [-0.1, -0.05) is 42.5 Å². The van der Waals surface area contributed by atoms with E-state index in [1.54, 1.807) is 35.4 Å². The van der Waals surface area contributed by atoms with Crippen LogP contribution in [0.2, 0.25) is 0 Å². The Morgan fingerprint density at radius 2 is 1.81 bits per heavy atom. The van der Waals surface area contributed by atoms with Gasteiger partial charge >= 0.3 is 0 Å². The number of oxazole rings is 1. The van der Waals surface area contributed by atoms with Crippen LogP contribution < -0.4 is 10.1 Å². The molecule has 8 nitrogen and oxygen atoms in total. The van der Waals surface area contributed by atoms with Gasteiger partial charge in [-0.15, -0.1) is 10.2 Å². The van der Waals surface area contributed by atoms with E-state index in [2.05, 4.69) is 32.6 Å². The highest BCUT2D eigenvalue weighted by atomic mass is 16.5. The summed E-state index contributed by atoms with van der Waals surface area (Å²) < 4.78 is 13.6. The van der Waals surface area contributed by atoms with Crippen LogP contribution in [0.25, 0.3) is 39.0 Å². The van der Waals surface area contributed by atoms with Crippen LogP contribution in [-0.2, 0) is 4.79 Å². The van der Waals surface area contributed by atoms with Crippen molar-refractivity contribution >= 4 is 33.5 Å². The molecular formula is C28H21N5O3. The first-order valence-electron chi connectivity index (χ1n) is 11.4. The van der Waals surface area contributed by atoms with E-state index in [1.807, 2.05) is 55.5 Å². The maximum Gasteiger partial charge on any atom is 0.262 e. The number of rotatable bonds is 6. The second-order valence-electron chi connectivity index (χ2n) is 8.41. The minimum atomic E-state index is -0.289. The Bertz CT molecular complexity index is 1700. The number of fused-ring (bicyclic) bond motifs is 2. The molecule has 0 bridgehead atoms. The maximum absolute atomic E-state index is 12.6. The lowest BCUT2D eigenvalue weighted by Crippen LogP contribution is -2.20. The van der Waals surface area contributed by atoms with Crippen molar-refractivity contribution in [1.82, 2.24) is 19.7 Å². The molecule has 2 heterocycles. The molecule has 0 aliphatic rings. The van der Waals surface area contributed by atoms with E-state index >= 15 is 0 Å². The van der Waals surface area contributed by atoms with E-state index in [-0.39, 0.29) is 12.5 Å². The average molecular weight is 476 g/mol. The first-order chi connectivity index (χ1) is 17.6. The second kappa shape index (κ2) is 8.99. The SMILES string of the molecule is Cc1ccc(OCC(=O)Nc2ccc3oc(-c4cccc5ccccc45)nc3c2)c(-n2cnnc2)c1. The predicted octanol–water partition coefficient (Wildman–Crippen LogP) is 5.55. The zero-order valence-corrected chi connectivity index (χ0v) is 19.4. The molecule has 0 unspecified atom stereocenters. The highest BCUT2D eigenvalue weighted by Crippen LogP contribution is 2.31. The van der Waals surface area contributed by atoms with E-state index in [9.17, 15) is 4.79 Å². The molecule has 2 aromatic heterocycles. The van der Waals surface area contributed by atoms with Gasteiger partial charge in [0.2, 0.25) is 5.89 Å². The molecular weight excluding hydrogens is 454 g/mol. The molecule has 8 heteroatoms. The summed E-state index contributed by atoms with van der Waals surface area (Å²) in [4.78, 5) is 17.3. The summed E-state index contributed by atoms with van der Waals surface area (Å²) in [5.41, 5.74) is 4.65. The number of hydrogen-bond donors (Lipinski definition) is 1. The van der Waals surface area contributed by atoms with Gasteiger partial charge in [0.05, 0.1) is 5.69 Å². The number of carbonyl (C=O) groups excluding carboxylic acids is 1. The number of amides is 1. The summed E-state index contributed by atoms with van der Waals surface area (Å²) in [7, 11) is 0. The lowest BCUT2D eigenvalue weighted by Gasteiger charge is -2.12. The van der Waals surface area contributed by atoms with Crippen molar-refractivity contribution in [2.45, 2.75) is 6.92 Å². The van der Waals surface area contributed by atoms with Crippen LogP contribution in [0.3, 0.4) is 0 Å². The monoisotopic (exact) mass is 475 g/mol. The van der Waals surface area contributed by atoms with Crippen LogP contribution in [0.4, 0.5) is 5.69 Å². The molecule has 36 heavy (non-hydrogen) atoms. The van der Waals surface area contributed by atoms with E-state index in [0.29, 0.717) is 28.4 Å². The molecule has 0 saturated carbocycles. The van der Waals surface area contributed by atoms with Gasteiger partial charge in [-0.05, 0) is 59.7 Å². The molecule has 1 amide bonds. The number of benzene rings is 4. The summed E-state index contributed by atoms with van der Waals surface area (Å²) >= 11 is 0. The van der Waals surface area contributed by atoms with Crippen molar-refractivity contribution in [2.24, 2.45) is 0 Å². The number of nitrogens with one attached hydrogen (secondary N) is 1. The lowest BCUT2D eigenvalue weighted by molar-refractivity contribution is -0.118. The number of nitrogens with zero attached hydrogens (tertiary/aromatic N) is 4. The Labute approximate surface area is 206 Å². The second-order valence-corrected chi connectivity index (χ2v) is 8.41. The molecule has 6 aromatic rings. The van der Waals surface area contributed by atoms with Gasteiger partial charge in [-0.3, -0.25) is 9.36 Å². The van der Waals surface area contributed by atoms with Crippen molar-refractivity contribution in [2.75, 3.05) is 11.9 Å². The Hall–Kier alpha value is -4.98. The summed E-state index contributed by atoms with van der Waals surface area (Å²) in [6, 6.07) is 25.2. The minimum absolute atomic E-state index is 0.156. The maximum atomic E-state index is 12.6. The highest BCUT2D eigenvalue weighted by molar-refractivity contribution is 5.97. The summed E-state index contributed by atoms with van der Waals surface area (Å²) in [5, 5.41) is 12.7. The quantitative estimate of drug-likeness (QED) is 0.339. The molecule has 176 valence electrons. The first kappa shape index (κ1) is 21.5. The minimum Gasteiger partial charge on any atom is -0.482 e. The average Bonchev–Trinajstić information content (AvgIpc) is 3.58. The molecule has 0 aliphatic carbocycles. The van der Waals surface area contributed by atoms with Crippen LogP contribution in [0.15, 0.2) is 95.9 Å². The van der Waals surface area contributed by atoms with E-state index in [1.165, 1.54) is 0 Å². The van der Waals surface area contributed by atoms with Crippen molar-refractivity contribution < 1.29 is 13.9 Å². The number of anilines is 1. The summed E-state index contributed by atoms with van der Waals surface area (Å²) in [6.45, 7) is 1.83. The fourth-order valence-electron chi connectivity index (χ4n) is 4.15. The van der Waals surface area contributed by atoms with Gasteiger partial charge in [0.15, 0.2) is 12.2 Å². The van der Waals surface area contributed by atoms with E-state index < -0.39 is 0 Å². The van der Waals surface area contributed by atoms with Gasteiger partial charge in [0.25, 0.3) is 5.91 Å². The smallest absolute Gasteiger partial charge is 0.262 e. The molecule has 4 aromatic carbocycles. The number of carbonyl (C=O) groups is 1. The fraction of sp³-hybridized carbons (Fsp3) is 0.0714. The van der Waals surface area contributed by atoms with Gasteiger partial charge in [0, 0.05) is 11.3 Å². The number of aryl methyl sites for hydroxylation is 1. The van der Waals surface area contributed by atoms with E-state index in [0.717, 1.165) is 27.6 Å². The third-order valence-electron chi connectivity index (χ3n) is 5.86. The van der Waals surface area contributed by atoms with Gasteiger partial charge in [-0.2, -0.15) is 0 Å². The molecule has 0 atom stereocenters. The van der Waals surface area contributed by atoms with Crippen molar-refractivity contribution in [1.29, 1.82) is 0 Å². The van der Waals surface area contributed by atoms with Crippen molar-refractivity contribution in [3.63, 3.8) is 0 Å². The summed E-state index contributed by atoms with van der Waals surface area (Å²) in [6.07, 6.45) is 3.17. The zero-order chi connectivity index (χ0) is 24.5. The first-order valence-corrected chi connectivity index (χ1v) is 11.4. The molecule has 0 radical (unpaired) electrons. The highest BCUT2D eigenvalue weighted by Gasteiger charge is 2.13. The molecule has 0 aliphatic heterocycles. The van der Waals surface area contributed by atoms with Gasteiger partial charge < -0.3 is 14.5 Å². The molecule has 0 fully saturated rings. The molecule has 0 saturated heterocycles. The fourth-order valence-corrected chi connectivity index (χ4v) is 4.15. The van der Waals surface area contributed by atoms with Gasteiger partial charge in [0.1, 0.15) is 23.9 Å².